The van der Waals surface area contributed by atoms with Crippen LogP contribution in [0.15, 0.2) is 6.33 Å². The van der Waals surface area contributed by atoms with Gasteiger partial charge < -0.3 is 0 Å². The van der Waals surface area contributed by atoms with Crippen LogP contribution in [0.4, 0.5) is 0 Å². The number of H-pyrrole nitrogens is 1. The summed E-state index contributed by atoms with van der Waals surface area (Å²) in [5.41, 5.74) is 0. The smallest absolute Gasteiger partial charge is 0.262 e. The number of nitrogens with zero attached hydrogens (tertiary/aromatic N) is 3. The maximum Gasteiger partial charge on any atom is 0.279 e. The molecule has 86 valence electrons. The fourth-order valence-electron chi connectivity index (χ4n) is 0.855. The van der Waals surface area contributed by atoms with Gasteiger partial charge in [-0.15, -0.1) is 0 Å². The molecule has 7 nitrogen and oxygen atoms in total. The van der Waals surface area contributed by atoms with Crippen LogP contribution in [0.25, 0.3) is 0 Å². The molecule has 1 aromatic heterocycles. The van der Waals surface area contributed by atoms with Gasteiger partial charge in [-0.05, 0) is 13.8 Å². The van der Waals surface area contributed by atoms with E-state index in [1.807, 2.05) is 0 Å². The fraction of sp³-hybridized carbons (Fsp3) is 0.714. The summed E-state index contributed by atoms with van der Waals surface area (Å²) in [7, 11) is -1.92. The van der Waals surface area contributed by atoms with Crippen molar-refractivity contribution in [3.63, 3.8) is 0 Å². The summed E-state index contributed by atoms with van der Waals surface area (Å²) < 4.78 is 26.9. The molecule has 0 radical (unpaired) electrons. The molecule has 0 bridgehead atoms. The Labute approximate surface area is 89.1 Å². The summed E-state index contributed by atoms with van der Waals surface area (Å²) in [6.45, 7) is 3.71. The molecule has 0 fully saturated rings. The second kappa shape index (κ2) is 4.69. The summed E-state index contributed by atoms with van der Waals surface area (Å²) in [4.78, 5) is 3.81. The summed E-state index contributed by atoms with van der Waals surface area (Å²) in [6, 6.07) is -0.0859. The van der Waals surface area contributed by atoms with Gasteiger partial charge >= 0.3 is 0 Å². The van der Waals surface area contributed by atoms with Crippen LogP contribution in [0.2, 0.25) is 0 Å². The van der Waals surface area contributed by atoms with Crippen molar-refractivity contribution >= 4 is 10.2 Å². The van der Waals surface area contributed by atoms with E-state index in [0.717, 1.165) is 0 Å². The van der Waals surface area contributed by atoms with E-state index in [2.05, 4.69) is 19.9 Å². The highest BCUT2D eigenvalue weighted by atomic mass is 32.2. The van der Waals surface area contributed by atoms with Gasteiger partial charge in [0.25, 0.3) is 10.2 Å². The Kier molecular flexibility index (Phi) is 3.77. The molecule has 0 unspecified atom stereocenters. The van der Waals surface area contributed by atoms with Crippen LogP contribution in [-0.2, 0) is 16.8 Å². The summed E-state index contributed by atoms with van der Waals surface area (Å²) in [5.74, 6) is 0.482. The van der Waals surface area contributed by atoms with Gasteiger partial charge in [-0.1, -0.05) is 0 Å². The van der Waals surface area contributed by atoms with Crippen molar-refractivity contribution in [3.05, 3.63) is 12.2 Å². The van der Waals surface area contributed by atoms with Gasteiger partial charge in [0, 0.05) is 13.1 Å². The standard InChI is InChI=1S/C7H15N5O2S/c1-6(2)12(3)15(13,14)10-4-7-8-5-9-11-7/h5-6,10H,4H2,1-3H3,(H,8,9,11). The van der Waals surface area contributed by atoms with E-state index in [4.69, 9.17) is 0 Å². The Morgan fingerprint density at radius 3 is 2.73 bits per heavy atom. The maximum absolute atomic E-state index is 11.6. The first-order valence-corrected chi connectivity index (χ1v) is 5.94. The SMILES string of the molecule is CC(C)N(C)S(=O)(=O)NCc1ncn[nH]1. The minimum absolute atomic E-state index is 0.0859. The number of aromatic nitrogens is 3. The predicted molar refractivity (Wildman–Crippen MR) is 55.0 cm³/mol. The average molecular weight is 233 g/mol. The molecule has 1 aromatic rings. The third kappa shape index (κ3) is 3.26. The third-order valence-electron chi connectivity index (χ3n) is 1.99. The third-order valence-corrected chi connectivity index (χ3v) is 3.68. The Morgan fingerprint density at radius 2 is 2.27 bits per heavy atom. The van der Waals surface area contributed by atoms with Crippen LogP contribution in [0.5, 0.6) is 0 Å². The van der Waals surface area contributed by atoms with E-state index in [9.17, 15) is 8.42 Å². The highest BCUT2D eigenvalue weighted by molar-refractivity contribution is 7.87. The molecule has 0 aliphatic heterocycles. The number of hydrogen-bond acceptors (Lipinski definition) is 4. The van der Waals surface area contributed by atoms with Crippen molar-refractivity contribution in [1.29, 1.82) is 0 Å². The van der Waals surface area contributed by atoms with Crippen molar-refractivity contribution in [2.45, 2.75) is 26.4 Å². The van der Waals surface area contributed by atoms with Crippen LogP contribution in [0.1, 0.15) is 19.7 Å². The zero-order valence-corrected chi connectivity index (χ0v) is 9.74. The monoisotopic (exact) mass is 233 g/mol. The van der Waals surface area contributed by atoms with E-state index >= 15 is 0 Å². The van der Waals surface area contributed by atoms with Crippen LogP contribution in [0, 0.1) is 0 Å². The van der Waals surface area contributed by atoms with Gasteiger partial charge in [0.1, 0.15) is 12.2 Å². The lowest BCUT2D eigenvalue weighted by Crippen LogP contribution is -2.41. The van der Waals surface area contributed by atoms with E-state index < -0.39 is 10.2 Å². The quantitative estimate of drug-likeness (QED) is 0.716. The summed E-state index contributed by atoms with van der Waals surface area (Å²) in [6.07, 6.45) is 1.33. The van der Waals surface area contributed by atoms with Gasteiger partial charge in [-0.3, -0.25) is 5.10 Å². The number of rotatable bonds is 5. The molecule has 1 heterocycles. The van der Waals surface area contributed by atoms with Crippen molar-refractivity contribution in [2.24, 2.45) is 0 Å². The number of nitrogens with one attached hydrogen (secondary N) is 2. The Bertz CT molecular complexity index is 386. The van der Waals surface area contributed by atoms with Crippen molar-refractivity contribution in [3.8, 4) is 0 Å². The van der Waals surface area contributed by atoms with E-state index in [-0.39, 0.29) is 12.6 Å². The lowest BCUT2D eigenvalue weighted by molar-refractivity contribution is 0.402. The first kappa shape index (κ1) is 12.1. The molecule has 8 heteroatoms. The molecule has 0 saturated carbocycles. The molecule has 1 rings (SSSR count). The normalized spacial score (nSPS) is 12.6. The minimum Gasteiger partial charge on any atom is -0.262 e. The van der Waals surface area contributed by atoms with Crippen molar-refractivity contribution in [1.82, 2.24) is 24.2 Å². The van der Waals surface area contributed by atoms with Crippen LogP contribution in [-0.4, -0.2) is 41.0 Å². The minimum atomic E-state index is -3.44. The van der Waals surface area contributed by atoms with Gasteiger partial charge in [0.15, 0.2) is 0 Å². The lowest BCUT2D eigenvalue weighted by Gasteiger charge is -2.20. The first-order chi connectivity index (χ1) is 6.93. The zero-order chi connectivity index (χ0) is 11.5. The van der Waals surface area contributed by atoms with E-state index in [0.29, 0.717) is 5.82 Å². The summed E-state index contributed by atoms with van der Waals surface area (Å²) >= 11 is 0. The van der Waals surface area contributed by atoms with Crippen molar-refractivity contribution in [2.75, 3.05) is 7.05 Å². The van der Waals surface area contributed by atoms with Crippen LogP contribution >= 0.6 is 0 Å². The van der Waals surface area contributed by atoms with Gasteiger partial charge in [0.05, 0.1) is 6.54 Å². The topological polar surface area (TPSA) is 91.0 Å². The van der Waals surface area contributed by atoms with Gasteiger partial charge in [-0.25, -0.2) is 4.98 Å². The van der Waals surface area contributed by atoms with Crippen molar-refractivity contribution < 1.29 is 8.42 Å². The van der Waals surface area contributed by atoms with Crippen LogP contribution < -0.4 is 4.72 Å². The molecule has 0 atom stereocenters. The second-order valence-corrected chi connectivity index (χ2v) is 5.18. The second-order valence-electron chi connectivity index (χ2n) is 3.37. The molecule has 0 spiro atoms. The Hall–Kier alpha value is -0.990. The number of hydrogen-bond donors (Lipinski definition) is 2. The average Bonchev–Trinajstić information content (AvgIpc) is 2.66. The Balaban J connectivity index is 2.58. The molecule has 15 heavy (non-hydrogen) atoms. The molecular weight excluding hydrogens is 218 g/mol. The van der Waals surface area contributed by atoms with E-state index in [1.54, 1.807) is 13.8 Å². The lowest BCUT2D eigenvalue weighted by atomic mass is 10.4. The first-order valence-electron chi connectivity index (χ1n) is 4.50. The molecular formula is C7H15N5O2S. The van der Waals surface area contributed by atoms with Gasteiger partial charge in [-0.2, -0.15) is 22.5 Å². The zero-order valence-electron chi connectivity index (χ0n) is 8.93. The summed E-state index contributed by atoms with van der Waals surface area (Å²) in [5, 5.41) is 6.19. The molecule has 0 saturated heterocycles. The molecule has 0 aliphatic carbocycles. The fourth-order valence-corrected chi connectivity index (χ4v) is 1.93. The largest absolute Gasteiger partial charge is 0.279 e. The number of aromatic amines is 1. The Morgan fingerprint density at radius 1 is 1.60 bits per heavy atom. The highest BCUT2D eigenvalue weighted by Crippen LogP contribution is 2.01. The maximum atomic E-state index is 11.6. The molecule has 2 N–H and O–H groups in total. The van der Waals surface area contributed by atoms with Crippen LogP contribution in [0.3, 0.4) is 0 Å². The predicted octanol–water partition coefficient (Wildman–Crippen LogP) is -0.521. The van der Waals surface area contributed by atoms with Gasteiger partial charge in [0.2, 0.25) is 0 Å². The highest BCUT2D eigenvalue weighted by Gasteiger charge is 2.19. The van der Waals surface area contributed by atoms with E-state index in [1.165, 1.54) is 17.7 Å². The molecule has 0 aliphatic rings. The molecule has 0 aromatic carbocycles. The molecule has 0 amide bonds.